The largest absolute Gasteiger partial charge is 0.508 e. The first-order chi connectivity index (χ1) is 10.7. The summed E-state index contributed by atoms with van der Waals surface area (Å²) in [5, 5.41) is 9.22. The molecule has 0 saturated carbocycles. The fourth-order valence-electron chi connectivity index (χ4n) is 1.76. The molecule has 0 bridgehead atoms. The lowest BCUT2D eigenvalue weighted by Crippen LogP contribution is -2.46. The van der Waals surface area contributed by atoms with Gasteiger partial charge in [-0.3, -0.25) is 18.5 Å². The van der Waals surface area contributed by atoms with Crippen molar-refractivity contribution >= 4 is 37.0 Å². The summed E-state index contributed by atoms with van der Waals surface area (Å²) < 4.78 is 92.5. The Balaban J connectivity index is 3.49. The van der Waals surface area contributed by atoms with E-state index in [1.165, 1.54) is 0 Å². The molecule has 1 rings (SSSR count). The molecule has 0 saturated heterocycles. The maximum Gasteiger partial charge on any atom is 0.351 e. The van der Waals surface area contributed by atoms with Crippen molar-refractivity contribution in [1.29, 1.82) is 0 Å². The lowest BCUT2D eigenvalue weighted by molar-refractivity contribution is 0.360. The molecule has 1 aromatic rings. The fraction of sp³-hybridized carbons (Fsp3) is 0.222. The van der Waals surface area contributed by atoms with E-state index in [4.69, 9.17) is 13.7 Å². The third-order valence-electron chi connectivity index (χ3n) is 2.59. The van der Waals surface area contributed by atoms with E-state index in [0.717, 1.165) is 18.4 Å². The molecule has 0 aromatic heterocycles. The number of phenols is 1. The van der Waals surface area contributed by atoms with Crippen LogP contribution in [0.2, 0.25) is 0 Å². The summed E-state index contributed by atoms with van der Waals surface area (Å²) >= 11 is 0. The second kappa shape index (κ2) is 6.71. The van der Waals surface area contributed by atoms with Gasteiger partial charge >= 0.3 is 20.6 Å². The number of carbonyl (C=O) groups excluding carboxylic acids is 1. The molecular formula is C9H10NO11S3. The van der Waals surface area contributed by atoms with Gasteiger partial charge in [0.25, 0.3) is 10.1 Å². The fourth-order valence-corrected chi connectivity index (χ4v) is 4.34. The summed E-state index contributed by atoms with van der Waals surface area (Å²) in [6.45, 7) is 0. The SMILES string of the molecule is O=[C]C(Cc1ccc(O)cc1S(=O)(=O)O)N(S(=O)(=O)O)S(=O)(=O)O. The third kappa shape index (κ3) is 4.94. The molecule has 0 fully saturated rings. The highest BCUT2D eigenvalue weighted by atomic mass is 32.3. The van der Waals surface area contributed by atoms with Crippen LogP contribution in [0.4, 0.5) is 0 Å². The monoisotopic (exact) mass is 404 g/mol. The highest BCUT2D eigenvalue weighted by Crippen LogP contribution is 2.24. The van der Waals surface area contributed by atoms with Crippen LogP contribution in [0, 0.1) is 0 Å². The van der Waals surface area contributed by atoms with Gasteiger partial charge in [0.1, 0.15) is 16.7 Å². The smallest absolute Gasteiger partial charge is 0.351 e. The van der Waals surface area contributed by atoms with Crippen molar-refractivity contribution in [3.63, 3.8) is 0 Å². The van der Waals surface area contributed by atoms with Crippen LogP contribution in [0.1, 0.15) is 5.56 Å². The normalized spacial score (nSPS) is 14.5. The maximum atomic E-state index is 11.2. The zero-order valence-electron chi connectivity index (χ0n) is 11.3. The van der Waals surface area contributed by atoms with Gasteiger partial charge in [0.15, 0.2) is 0 Å². The van der Waals surface area contributed by atoms with Crippen LogP contribution in [-0.2, 0) is 41.9 Å². The molecule has 0 amide bonds. The highest BCUT2D eigenvalue weighted by Gasteiger charge is 2.40. The molecule has 0 aliphatic carbocycles. The number of rotatable bonds is 7. The number of nitrogens with zero attached hydrogens (tertiary/aromatic N) is 1. The first-order valence-electron chi connectivity index (χ1n) is 5.59. The number of phenolic OH excluding ortho intramolecular Hbond substituents is 1. The minimum absolute atomic E-state index is 0.499. The lowest BCUT2D eigenvalue weighted by atomic mass is 10.1. The van der Waals surface area contributed by atoms with Crippen molar-refractivity contribution in [3.05, 3.63) is 23.8 Å². The maximum absolute atomic E-state index is 11.2. The minimum Gasteiger partial charge on any atom is -0.508 e. The quantitative estimate of drug-likeness (QED) is 0.388. The Morgan fingerprint density at radius 1 is 1.00 bits per heavy atom. The summed E-state index contributed by atoms with van der Waals surface area (Å²) in [6, 6.07) is -0.0934. The summed E-state index contributed by atoms with van der Waals surface area (Å²) in [5.74, 6) is -0.612. The van der Waals surface area contributed by atoms with E-state index in [9.17, 15) is 35.2 Å². The summed E-state index contributed by atoms with van der Waals surface area (Å²) in [6.07, 6.45) is -0.114. The Morgan fingerprint density at radius 3 is 1.88 bits per heavy atom. The average Bonchev–Trinajstić information content (AvgIpc) is 2.35. The summed E-state index contributed by atoms with van der Waals surface area (Å²) in [7, 11) is -16.2. The first kappa shape index (κ1) is 20.4. The Morgan fingerprint density at radius 2 is 1.50 bits per heavy atom. The van der Waals surface area contributed by atoms with Gasteiger partial charge in [0, 0.05) is 6.07 Å². The van der Waals surface area contributed by atoms with E-state index in [1.807, 2.05) is 0 Å². The summed E-state index contributed by atoms with van der Waals surface area (Å²) in [5.41, 5.74) is -0.499. The van der Waals surface area contributed by atoms with Crippen LogP contribution in [0.3, 0.4) is 0 Å². The van der Waals surface area contributed by atoms with Crippen molar-refractivity contribution in [2.75, 3.05) is 0 Å². The van der Waals surface area contributed by atoms with E-state index in [0.29, 0.717) is 6.07 Å². The van der Waals surface area contributed by atoms with Crippen LogP contribution < -0.4 is 0 Å². The average molecular weight is 404 g/mol. The molecule has 135 valence electrons. The second-order valence-corrected chi connectivity index (χ2v) is 8.49. The van der Waals surface area contributed by atoms with Crippen LogP contribution in [0.15, 0.2) is 23.1 Å². The van der Waals surface area contributed by atoms with Gasteiger partial charge in [-0.25, -0.2) is 0 Å². The Bertz CT molecular complexity index is 916. The van der Waals surface area contributed by atoms with E-state index in [-0.39, 0.29) is 0 Å². The Hall–Kier alpha value is -1.62. The summed E-state index contributed by atoms with van der Waals surface area (Å²) in [4.78, 5) is 9.94. The van der Waals surface area contributed by atoms with Crippen LogP contribution in [0.25, 0.3) is 0 Å². The van der Waals surface area contributed by atoms with Gasteiger partial charge in [-0.1, -0.05) is 6.07 Å². The molecule has 1 aromatic carbocycles. The van der Waals surface area contributed by atoms with Crippen molar-refractivity contribution < 1.29 is 48.8 Å². The standard InChI is InChI=1S/C9H10NO11S3/c11-5-7(10(23(16,17)18)24(19,20)21)3-6-1-2-8(12)4-9(6)22(13,14)15/h1-2,4,7,12H,3H2,(H,13,14,15)(H,16,17,18)(H,19,20,21). The molecule has 0 spiro atoms. The van der Waals surface area contributed by atoms with Gasteiger partial charge in [-0.15, -0.1) is 0 Å². The number of hydrogen-bond donors (Lipinski definition) is 4. The lowest BCUT2D eigenvalue weighted by Gasteiger charge is -2.21. The molecule has 1 radical (unpaired) electrons. The van der Waals surface area contributed by atoms with Crippen LogP contribution in [0.5, 0.6) is 5.75 Å². The van der Waals surface area contributed by atoms with Crippen molar-refractivity contribution in [2.45, 2.75) is 17.4 Å². The molecule has 24 heavy (non-hydrogen) atoms. The number of hydrogen-bond acceptors (Lipinski definition) is 8. The van der Waals surface area contributed by atoms with Crippen LogP contribution >= 0.6 is 0 Å². The topological polar surface area (TPSA) is 204 Å². The molecule has 0 aliphatic rings. The molecule has 15 heteroatoms. The van der Waals surface area contributed by atoms with Gasteiger partial charge < -0.3 is 5.11 Å². The predicted molar refractivity (Wildman–Crippen MR) is 76.0 cm³/mol. The van der Waals surface area contributed by atoms with E-state index < -0.39 is 63.1 Å². The number of benzene rings is 1. The first-order valence-corrected chi connectivity index (χ1v) is 9.83. The molecular weight excluding hydrogens is 394 g/mol. The number of aromatic hydroxyl groups is 1. The Labute approximate surface area is 136 Å². The third-order valence-corrected chi connectivity index (χ3v) is 6.07. The van der Waals surface area contributed by atoms with Gasteiger partial charge in [-0.2, -0.15) is 25.3 Å². The molecule has 1 unspecified atom stereocenters. The molecule has 4 N–H and O–H groups in total. The molecule has 0 heterocycles. The zero-order chi connectivity index (χ0) is 18.9. The van der Waals surface area contributed by atoms with Crippen molar-refractivity contribution in [1.82, 2.24) is 3.71 Å². The van der Waals surface area contributed by atoms with Crippen molar-refractivity contribution in [3.8, 4) is 5.75 Å². The van der Waals surface area contributed by atoms with Crippen molar-refractivity contribution in [2.24, 2.45) is 0 Å². The van der Waals surface area contributed by atoms with E-state index >= 15 is 0 Å². The van der Waals surface area contributed by atoms with E-state index in [1.54, 1.807) is 0 Å². The highest BCUT2D eigenvalue weighted by molar-refractivity contribution is 7.98. The van der Waals surface area contributed by atoms with Gasteiger partial charge in [-0.05, 0) is 21.8 Å². The molecule has 1 atom stereocenters. The Kier molecular flexibility index (Phi) is 5.71. The predicted octanol–water partition coefficient (Wildman–Crippen LogP) is -1.43. The van der Waals surface area contributed by atoms with Gasteiger partial charge in [0.2, 0.25) is 6.29 Å². The zero-order valence-corrected chi connectivity index (χ0v) is 13.8. The molecule has 0 aliphatic heterocycles. The van der Waals surface area contributed by atoms with Crippen LogP contribution in [-0.4, -0.2) is 60.1 Å². The van der Waals surface area contributed by atoms with E-state index in [2.05, 4.69) is 0 Å². The second-order valence-electron chi connectivity index (χ2n) is 4.29. The van der Waals surface area contributed by atoms with Gasteiger partial charge in [0.05, 0.1) is 0 Å². The molecule has 12 nitrogen and oxygen atoms in total. The minimum atomic E-state index is -5.64.